The molecule has 0 fully saturated rings. The van der Waals surface area contributed by atoms with E-state index in [1.54, 1.807) is 13.8 Å². The van der Waals surface area contributed by atoms with Gasteiger partial charge >= 0.3 is 6.18 Å². The van der Waals surface area contributed by atoms with Crippen LogP contribution in [-0.2, 0) is 21.0 Å². The quantitative estimate of drug-likeness (QED) is 0.355. The number of non-ortho nitro benzene ring substituents is 1. The number of sulfonamides is 1. The van der Waals surface area contributed by atoms with Gasteiger partial charge in [0.1, 0.15) is 6.54 Å². The van der Waals surface area contributed by atoms with E-state index < -0.39 is 39.1 Å². The first-order valence-electron chi connectivity index (χ1n) is 10.1. The van der Waals surface area contributed by atoms with Gasteiger partial charge in [0.25, 0.3) is 15.7 Å². The molecule has 1 amide bonds. The molecule has 35 heavy (non-hydrogen) atoms. The number of nitro groups is 1. The average Bonchev–Trinajstić information content (AvgIpc) is 2.78. The van der Waals surface area contributed by atoms with Crippen molar-refractivity contribution in [1.29, 1.82) is 0 Å². The molecular weight excluding hydrogens is 487 g/mol. The van der Waals surface area contributed by atoms with E-state index in [4.69, 9.17) is 0 Å². The maximum absolute atomic E-state index is 13.4. The first kappa shape index (κ1) is 25.7. The number of nitrogens with one attached hydrogen (secondary N) is 1. The number of amides is 1. The highest BCUT2D eigenvalue weighted by atomic mass is 32.2. The average molecular weight is 507 g/mol. The van der Waals surface area contributed by atoms with E-state index in [-0.39, 0.29) is 22.0 Å². The molecule has 0 aliphatic carbocycles. The highest BCUT2D eigenvalue weighted by molar-refractivity contribution is 7.92. The Labute approximate surface area is 199 Å². The van der Waals surface area contributed by atoms with Gasteiger partial charge < -0.3 is 5.32 Å². The van der Waals surface area contributed by atoms with Crippen molar-refractivity contribution >= 4 is 33.0 Å². The zero-order valence-electron chi connectivity index (χ0n) is 18.5. The second-order valence-electron chi connectivity index (χ2n) is 7.68. The number of nitro benzene ring substituents is 1. The van der Waals surface area contributed by atoms with Crippen molar-refractivity contribution in [2.45, 2.75) is 24.9 Å². The summed E-state index contributed by atoms with van der Waals surface area (Å²) in [6.45, 7) is 2.43. The molecule has 0 spiro atoms. The Balaban J connectivity index is 2.02. The molecule has 0 atom stereocenters. The van der Waals surface area contributed by atoms with Crippen LogP contribution in [0.3, 0.4) is 0 Å². The van der Waals surface area contributed by atoms with Gasteiger partial charge in [-0.05, 0) is 49.7 Å². The molecule has 8 nitrogen and oxygen atoms in total. The number of nitrogens with zero attached hydrogens (tertiary/aromatic N) is 2. The van der Waals surface area contributed by atoms with Crippen molar-refractivity contribution in [3.63, 3.8) is 0 Å². The Hall–Kier alpha value is -3.93. The third-order valence-corrected chi connectivity index (χ3v) is 6.85. The minimum atomic E-state index is -4.74. The van der Waals surface area contributed by atoms with Crippen molar-refractivity contribution in [1.82, 2.24) is 0 Å². The van der Waals surface area contributed by atoms with Crippen LogP contribution in [0.15, 0.2) is 71.6 Å². The summed E-state index contributed by atoms with van der Waals surface area (Å²) in [7, 11) is -4.46. The van der Waals surface area contributed by atoms with E-state index in [1.807, 2.05) is 0 Å². The molecule has 0 bridgehead atoms. The van der Waals surface area contributed by atoms with E-state index in [1.165, 1.54) is 36.4 Å². The van der Waals surface area contributed by atoms with E-state index in [0.717, 1.165) is 29.8 Å². The largest absolute Gasteiger partial charge is 0.416 e. The Morgan fingerprint density at radius 1 is 1.03 bits per heavy atom. The molecule has 0 aliphatic rings. The van der Waals surface area contributed by atoms with Crippen molar-refractivity contribution in [2.75, 3.05) is 16.2 Å². The molecule has 3 rings (SSSR count). The van der Waals surface area contributed by atoms with Gasteiger partial charge in [0.2, 0.25) is 5.91 Å². The van der Waals surface area contributed by atoms with Gasteiger partial charge in [0, 0.05) is 12.1 Å². The molecule has 0 saturated carbocycles. The number of carbonyl (C=O) groups excluding carboxylic acids is 1. The normalized spacial score (nSPS) is 11.7. The fourth-order valence-electron chi connectivity index (χ4n) is 3.17. The van der Waals surface area contributed by atoms with Gasteiger partial charge in [-0.3, -0.25) is 19.2 Å². The summed E-state index contributed by atoms with van der Waals surface area (Å²) < 4.78 is 67.2. The highest BCUT2D eigenvalue weighted by Gasteiger charge is 2.33. The second kappa shape index (κ2) is 9.74. The van der Waals surface area contributed by atoms with E-state index >= 15 is 0 Å². The number of hydrogen-bond acceptors (Lipinski definition) is 5. The zero-order valence-corrected chi connectivity index (χ0v) is 19.4. The molecule has 0 unspecified atom stereocenters. The minimum Gasteiger partial charge on any atom is -0.324 e. The van der Waals surface area contributed by atoms with Crippen LogP contribution in [0.4, 0.5) is 30.2 Å². The molecule has 0 aromatic heterocycles. The van der Waals surface area contributed by atoms with Crippen LogP contribution >= 0.6 is 0 Å². The van der Waals surface area contributed by atoms with E-state index in [2.05, 4.69) is 5.32 Å². The Bertz CT molecular complexity index is 1370. The Morgan fingerprint density at radius 2 is 1.69 bits per heavy atom. The SMILES string of the molecule is Cc1ccc(S(=O)(=O)N(CC(=O)Nc2cc([N+](=O)[O-])ccc2C)c2cccc(C(F)(F)F)c2)cc1. The first-order chi connectivity index (χ1) is 16.3. The number of hydrogen-bond donors (Lipinski definition) is 1. The highest BCUT2D eigenvalue weighted by Crippen LogP contribution is 2.33. The zero-order chi connectivity index (χ0) is 26.0. The van der Waals surface area contributed by atoms with E-state index in [0.29, 0.717) is 15.9 Å². The van der Waals surface area contributed by atoms with Gasteiger partial charge in [-0.2, -0.15) is 13.2 Å². The fourth-order valence-corrected chi connectivity index (χ4v) is 4.58. The molecule has 1 N–H and O–H groups in total. The number of benzene rings is 3. The lowest BCUT2D eigenvalue weighted by Gasteiger charge is -2.25. The first-order valence-corrected chi connectivity index (χ1v) is 11.5. The molecule has 3 aromatic rings. The monoisotopic (exact) mass is 507 g/mol. The number of anilines is 2. The number of halogens is 3. The summed E-state index contributed by atoms with van der Waals surface area (Å²) in [6, 6.07) is 13.0. The standard InChI is InChI=1S/C23H20F3N3O5S/c1-15-6-10-20(11-7-15)35(33,34)28(18-5-3-4-17(12-18)23(24,25)26)14-22(30)27-21-13-19(29(31)32)9-8-16(21)2/h3-13H,14H2,1-2H3,(H,27,30). The maximum atomic E-state index is 13.4. The van der Waals surface area contributed by atoms with Crippen LogP contribution in [0.1, 0.15) is 16.7 Å². The summed E-state index contributed by atoms with van der Waals surface area (Å²) in [5, 5.41) is 13.5. The van der Waals surface area contributed by atoms with Gasteiger partial charge in [-0.15, -0.1) is 0 Å². The number of alkyl halides is 3. The lowest BCUT2D eigenvalue weighted by molar-refractivity contribution is -0.384. The Morgan fingerprint density at radius 3 is 2.29 bits per heavy atom. The molecule has 0 radical (unpaired) electrons. The summed E-state index contributed by atoms with van der Waals surface area (Å²) in [4.78, 5) is 23.0. The lowest BCUT2D eigenvalue weighted by Crippen LogP contribution is -2.38. The minimum absolute atomic E-state index is 0.0703. The van der Waals surface area contributed by atoms with Crippen molar-refractivity contribution in [3.05, 3.63) is 93.5 Å². The summed E-state index contributed by atoms with van der Waals surface area (Å²) in [6.07, 6.45) is -4.74. The number of rotatable bonds is 7. The van der Waals surface area contributed by atoms with Crippen molar-refractivity contribution in [2.24, 2.45) is 0 Å². The number of aryl methyl sites for hydroxylation is 2. The maximum Gasteiger partial charge on any atom is 0.416 e. The molecule has 0 saturated heterocycles. The van der Waals surface area contributed by atoms with E-state index in [9.17, 15) is 36.5 Å². The van der Waals surface area contributed by atoms with Crippen LogP contribution in [0, 0.1) is 24.0 Å². The fraction of sp³-hybridized carbons (Fsp3) is 0.174. The third kappa shape index (κ3) is 5.96. The summed E-state index contributed by atoms with van der Waals surface area (Å²) in [5.74, 6) is -0.901. The smallest absolute Gasteiger partial charge is 0.324 e. The molecular formula is C23H20F3N3O5S. The molecule has 12 heteroatoms. The molecule has 0 aliphatic heterocycles. The van der Waals surface area contributed by atoms with Crippen molar-refractivity contribution < 1.29 is 31.3 Å². The van der Waals surface area contributed by atoms with Crippen LogP contribution in [0.25, 0.3) is 0 Å². The van der Waals surface area contributed by atoms with Crippen LogP contribution in [0.2, 0.25) is 0 Å². The molecule has 3 aromatic carbocycles. The van der Waals surface area contributed by atoms with Gasteiger partial charge in [0.05, 0.1) is 26.8 Å². The predicted molar refractivity (Wildman–Crippen MR) is 124 cm³/mol. The van der Waals surface area contributed by atoms with Crippen molar-refractivity contribution in [3.8, 4) is 0 Å². The van der Waals surface area contributed by atoms with Crippen LogP contribution in [0.5, 0.6) is 0 Å². The van der Waals surface area contributed by atoms with Gasteiger partial charge in [-0.1, -0.05) is 29.8 Å². The Kier molecular flexibility index (Phi) is 7.15. The lowest BCUT2D eigenvalue weighted by atomic mass is 10.2. The molecule has 0 heterocycles. The predicted octanol–water partition coefficient (Wildman–Crippen LogP) is 5.06. The second-order valence-corrected chi connectivity index (χ2v) is 9.54. The van der Waals surface area contributed by atoms with Gasteiger partial charge in [-0.25, -0.2) is 8.42 Å². The third-order valence-electron chi connectivity index (χ3n) is 5.06. The van der Waals surface area contributed by atoms with Crippen LogP contribution in [-0.4, -0.2) is 25.8 Å². The summed E-state index contributed by atoms with van der Waals surface area (Å²) >= 11 is 0. The topological polar surface area (TPSA) is 110 Å². The summed E-state index contributed by atoms with van der Waals surface area (Å²) in [5.41, 5.74) is -0.460. The van der Waals surface area contributed by atoms with Crippen LogP contribution < -0.4 is 9.62 Å². The van der Waals surface area contributed by atoms with Gasteiger partial charge in [0.15, 0.2) is 0 Å². The molecule has 184 valence electrons. The number of carbonyl (C=O) groups is 1.